The SMILES string of the molecule is ClC1(Cl)C(c2ccccc2)N1c1ccc(Br)cc1. The van der Waals surface area contributed by atoms with Crippen LogP contribution < -0.4 is 4.90 Å². The van der Waals surface area contributed by atoms with Crippen LogP contribution in [-0.2, 0) is 0 Å². The fourth-order valence-corrected chi connectivity index (χ4v) is 3.16. The lowest BCUT2D eigenvalue weighted by atomic mass is 10.1. The van der Waals surface area contributed by atoms with Crippen molar-refractivity contribution >= 4 is 44.8 Å². The molecule has 1 unspecified atom stereocenters. The van der Waals surface area contributed by atoms with E-state index in [0.717, 1.165) is 15.7 Å². The molecule has 92 valence electrons. The van der Waals surface area contributed by atoms with Crippen LogP contribution in [0.1, 0.15) is 11.6 Å². The van der Waals surface area contributed by atoms with E-state index in [2.05, 4.69) is 15.9 Å². The summed E-state index contributed by atoms with van der Waals surface area (Å²) in [5, 5.41) is 0. The smallest absolute Gasteiger partial charge is 0.215 e. The van der Waals surface area contributed by atoms with Gasteiger partial charge in [-0.05, 0) is 29.8 Å². The number of hydrogen-bond donors (Lipinski definition) is 0. The zero-order valence-corrected chi connectivity index (χ0v) is 12.5. The summed E-state index contributed by atoms with van der Waals surface area (Å²) < 4.78 is 0.189. The molecule has 0 aliphatic carbocycles. The Balaban J connectivity index is 1.93. The van der Waals surface area contributed by atoms with Crippen LogP contribution in [0.5, 0.6) is 0 Å². The second-order valence-electron chi connectivity index (χ2n) is 4.25. The minimum Gasteiger partial charge on any atom is -0.326 e. The Morgan fingerprint density at radius 3 is 2.17 bits per heavy atom. The van der Waals surface area contributed by atoms with Crippen molar-refractivity contribution in [2.45, 2.75) is 10.5 Å². The van der Waals surface area contributed by atoms with Crippen LogP contribution in [0.2, 0.25) is 0 Å². The summed E-state index contributed by atoms with van der Waals surface area (Å²) >= 11 is 16.1. The summed E-state index contributed by atoms with van der Waals surface area (Å²) in [7, 11) is 0. The largest absolute Gasteiger partial charge is 0.326 e. The first-order valence-electron chi connectivity index (χ1n) is 5.58. The molecule has 1 aliphatic rings. The highest BCUT2D eigenvalue weighted by Crippen LogP contribution is 2.61. The van der Waals surface area contributed by atoms with Crippen LogP contribution in [0, 0.1) is 0 Å². The number of benzene rings is 2. The van der Waals surface area contributed by atoms with Crippen molar-refractivity contribution in [3.8, 4) is 0 Å². The summed E-state index contributed by atoms with van der Waals surface area (Å²) in [5.41, 5.74) is 2.16. The van der Waals surface area contributed by atoms with Crippen molar-refractivity contribution in [3.05, 3.63) is 64.6 Å². The number of alkyl halides is 2. The average molecular weight is 343 g/mol. The van der Waals surface area contributed by atoms with E-state index in [1.165, 1.54) is 0 Å². The fourth-order valence-electron chi connectivity index (χ4n) is 2.15. The highest BCUT2D eigenvalue weighted by atomic mass is 79.9. The molecule has 4 heteroatoms. The molecular formula is C14H10BrCl2N. The standard InChI is InChI=1S/C14H10BrCl2N/c15-11-6-8-12(9-7-11)18-13(14(18,16)17)10-4-2-1-3-5-10/h1-9,13H. The number of rotatable bonds is 2. The van der Waals surface area contributed by atoms with Gasteiger partial charge < -0.3 is 4.90 Å². The maximum Gasteiger partial charge on any atom is 0.215 e. The quantitative estimate of drug-likeness (QED) is 0.414. The zero-order valence-electron chi connectivity index (χ0n) is 9.35. The lowest BCUT2D eigenvalue weighted by Gasteiger charge is -2.06. The van der Waals surface area contributed by atoms with Gasteiger partial charge in [-0.25, -0.2) is 0 Å². The predicted molar refractivity (Wildman–Crippen MR) is 80.2 cm³/mol. The predicted octanol–water partition coefficient (Wildman–Crippen LogP) is 5.14. The van der Waals surface area contributed by atoms with E-state index < -0.39 is 4.46 Å². The molecule has 1 atom stereocenters. The van der Waals surface area contributed by atoms with Crippen molar-refractivity contribution in [1.82, 2.24) is 0 Å². The molecule has 2 aromatic rings. The molecule has 0 aromatic heterocycles. The molecule has 0 saturated carbocycles. The Kier molecular flexibility index (Phi) is 3.05. The van der Waals surface area contributed by atoms with Gasteiger partial charge in [-0.2, -0.15) is 0 Å². The highest BCUT2D eigenvalue weighted by Gasteiger charge is 2.61. The molecule has 2 aromatic carbocycles. The molecular weight excluding hydrogens is 333 g/mol. The Bertz CT molecular complexity index is 554. The van der Waals surface area contributed by atoms with E-state index in [-0.39, 0.29) is 6.04 Å². The van der Waals surface area contributed by atoms with Gasteiger partial charge in [0.2, 0.25) is 4.46 Å². The first kappa shape index (κ1) is 12.3. The molecule has 18 heavy (non-hydrogen) atoms. The van der Waals surface area contributed by atoms with E-state index in [1.54, 1.807) is 0 Å². The summed E-state index contributed by atoms with van der Waals surface area (Å²) in [4.78, 5) is 2.00. The molecule has 0 N–H and O–H groups in total. The Morgan fingerprint density at radius 1 is 0.944 bits per heavy atom. The van der Waals surface area contributed by atoms with Crippen molar-refractivity contribution in [2.75, 3.05) is 4.90 Å². The maximum atomic E-state index is 6.36. The fraction of sp³-hybridized carbons (Fsp3) is 0.143. The van der Waals surface area contributed by atoms with Gasteiger partial charge in [-0.3, -0.25) is 0 Å². The van der Waals surface area contributed by atoms with Crippen molar-refractivity contribution in [2.24, 2.45) is 0 Å². The van der Waals surface area contributed by atoms with Gasteiger partial charge in [0.25, 0.3) is 0 Å². The molecule has 1 fully saturated rings. The first-order valence-corrected chi connectivity index (χ1v) is 7.13. The number of nitrogens with zero attached hydrogens (tertiary/aromatic N) is 1. The summed E-state index contributed by atoms with van der Waals surface area (Å²) in [6, 6.07) is 18.1. The molecule has 0 spiro atoms. The average Bonchev–Trinajstić information content (AvgIpc) is 2.94. The first-order chi connectivity index (χ1) is 8.60. The molecule has 1 nitrogen and oxygen atoms in total. The van der Waals surface area contributed by atoms with Crippen LogP contribution in [0.15, 0.2) is 59.1 Å². The van der Waals surface area contributed by atoms with E-state index in [9.17, 15) is 0 Å². The zero-order chi connectivity index (χ0) is 12.8. The van der Waals surface area contributed by atoms with Crippen LogP contribution in [-0.4, -0.2) is 4.46 Å². The topological polar surface area (TPSA) is 3.01 Å². The van der Waals surface area contributed by atoms with Gasteiger partial charge in [0.1, 0.15) is 6.04 Å². The highest BCUT2D eigenvalue weighted by molar-refractivity contribution is 9.10. The Morgan fingerprint density at radius 2 is 1.56 bits per heavy atom. The number of anilines is 1. The summed E-state index contributed by atoms with van der Waals surface area (Å²) in [6.07, 6.45) is 0. The van der Waals surface area contributed by atoms with Gasteiger partial charge in [-0.1, -0.05) is 69.5 Å². The van der Waals surface area contributed by atoms with Gasteiger partial charge in [0, 0.05) is 10.2 Å². The summed E-state index contributed by atoms with van der Waals surface area (Å²) in [6.45, 7) is 0. The monoisotopic (exact) mass is 341 g/mol. The molecule has 0 amide bonds. The number of hydrogen-bond acceptors (Lipinski definition) is 1. The Labute approximate surface area is 124 Å². The molecule has 0 bridgehead atoms. The second kappa shape index (κ2) is 4.44. The lowest BCUT2D eigenvalue weighted by Crippen LogP contribution is -2.00. The van der Waals surface area contributed by atoms with E-state index in [1.807, 2.05) is 59.5 Å². The summed E-state index contributed by atoms with van der Waals surface area (Å²) in [5.74, 6) is 0. The van der Waals surface area contributed by atoms with Crippen LogP contribution >= 0.6 is 39.1 Å². The maximum absolute atomic E-state index is 6.36. The van der Waals surface area contributed by atoms with E-state index in [0.29, 0.717) is 0 Å². The van der Waals surface area contributed by atoms with Crippen molar-refractivity contribution in [3.63, 3.8) is 0 Å². The third-order valence-corrected chi connectivity index (χ3v) is 4.37. The third kappa shape index (κ3) is 2.03. The molecule has 1 saturated heterocycles. The van der Waals surface area contributed by atoms with Gasteiger partial charge >= 0.3 is 0 Å². The van der Waals surface area contributed by atoms with E-state index >= 15 is 0 Å². The Hall–Kier alpha value is -0.700. The lowest BCUT2D eigenvalue weighted by molar-refractivity contribution is 1.10. The van der Waals surface area contributed by atoms with Crippen LogP contribution in [0.3, 0.4) is 0 Å². The van der Waals surface area contributed by atoms with Gasteiger partial charge in [0.15, 0.2) is 0 Å². The van der Waals surface area contributed by atoms with Crippen LogP contribution in [0.4, 0.5) is 5.69 Å². The third-order valence-electron chi connectivity index (χ3n) is 3.06. The minimum atomic E-state index is -0.852. The van der Waals surface area contributed by atoms with Gasteiger partial charge in [0.05, 0.1) is 0 Å². The normalized spacial score (nSPS) is 20.8. The van der Waals surface area contributed by atoms with Crippen molar-refractivity contribution in [1.29, 1.82) is 0 Å². The minimum absolute atomic E-state index is 0.0169. The molecule has 3 rings (SSSR count). The van der Waals surface area contributed by atoms with E-state index in [4.69, 9.17) is 23.2 Å². The second-order valence-corrected chi connectivity index (χ2v) is 6.51. The number of halogens is 3. The molecule has 1 heterocycles. The van der Waals surface area contributed by atoms with Crippen LogP contribution in [0.25, 0.3) is 0 Å². The van der Waals surface area contributed by atoms with Crippen molar-refractivity contribution < 1.29 is 0 Å². The molecule has 0 radical (unpaired) electrons. The molecule has 1 aliphatic heterocycles. The van der Waals surface area contributed by atoms with Gasteiger partial charge in [-0.15, -0.1) is 0 Å².